The molecule has 0 aliphatic rings. The van der Waals surface area contributed by atoms with E-state index in [0.717, 1.165) is 16.7 Å². The number of anilines is 1. The summed E-state index contributed by atoms with van der Waals surface area (Å²) in [7, 11) is 0. The third-order valence-electron chi connectivity index (χ3n) is 3.85. The summed E-state index contributed by atoms with van der Waals surface area (Å²) in [5.41, 5.74) is 3.19. The Labute approximate surface area is 163 Å². The Hall–Kier alpha value is -2.60. The molecular formula is C21H23N3O2S. The van der Waals surface area contributed by atoms with Gasteiger partial charge in [0.1, 0.15) is 0 Å². The van der Waals surface area contributed by atoms with Crippen LogP contribution in [0, 0.1) is 6.92 Å². The predicted molar refractivity (Wildman–Crippen MR) is 108 cm³/mol. The Morgan fingerprint density at radius 1 is 1.04 bits per heavy atom. The standard InChI is InChI=1S/C21H23N3O2S/c1-14(2)27-18-10-8-17(9-11-18)13-20-23-24-21(26-20)22-19(25)12-16-6-4-15(3)5-7-16/h4-11,14H,12-13H2,1-3H3,(H,22,24,25). The number of aryl methyl sites for hydroxylation is 1. The molecule has 27 heavy (non-hydrogen) atoms. The summed E-state index contributed by atoms with van der Waals surface area (Å²) in [6, 6.07) is 16.3. The van der Waals surface area contributed by atoms with E-state index in [2.05, 4.69) is 53.6 Å². The molecule has 0 saturated carbocycles. The Kier molecular flexibility index (Phi) is 6.29. The third-order valence-corrected chi connectivity index (χ3v) is 4.86. The van der Waals surface area contributed by atoms with Gasteiger partial charge in [0, 0.05) is 10.1 Å². The molecule has 6 heteroatoms. The van der Waals surface area contributed by atoms with Crippen molar-refractivity contribution in [1.82, 2.24) is 10.2 Å². The Balaban J connectivity index is 1.54. The van der Waals surface area contributed by atoms with E-state index < -0.39 is 0 Å². The number of amides is 1. The van der Waals surface area contributed by atoms with Crippen molar-refractivity contribution in [2.24, 2.45) is 0 Å². The second-order valence-electron chi connectivity index (χ2n) is 6.70. The van der Waals surface area contributed by atoms with Crippen molar-refractivity contribution in [1.29, 1.82) is 0 Å². The molecule has 0 fully saturated rings. The molecule has 1 heterocycles. The average Bonchev–Trinajstić information content (AvgIpc) is 3.05. The molecular weight excluding hydrogens is 358 g/mol. The molecule has 1 N–H and O–H groups in total. The summed E-state index contributed by atoms with van der Waals surface area (Å²) in [5, 5.41) is 11.1. The summed E-state index contributed by atoms with van der Waals surface area (Å²) in [6.45, 7) is 6.36. The maximum atomic E-state index is 12.1. The molecule has 0 aliphatic carbocycles. The van der Waals surface area contributed by atoms with Crippen molar-refractivity contribution >= 4 is 23.7 Å². The number of thioether (sulfide) groups is 1. The van der Waals surface area contributed by atoms with E-state index >= 15 is 0 Å². The first-order valence-corrected chi connectivity index (χ1v) is 9.79. The fourth-order valence-electron chi connectivity index (χ4n) is 2.56. The Morgan fingerprint density at radius 2 is 1.70 bits per heavy atom. The van der Waals surface area contributed by atoms with Gasteiger partial charge >= 0.3 is 6.01 Å². The molecule has 0 bridgehead atoms. The van der Waals surface area contributed by atoms with Crippen molar-refractivity contribution in [2.45, 2.75) is 43.8 Å². The molecule has 2 aromatic carbocycles. The second kappa shape index (κ2) is 8.86. The topological polar surface area (TPSA) is 68.0 Å². The zero-order chi connectivity index (χ0) is 19.2. The van der Waals surface area contributed by atoms with Crippen LogP contribution in [-0.4, -0.2) is 21.4 Å². The average molecular weight is 382 g/mol. The van der Waals surface area contributed by atoms with Gasteiger partial charge in [-0.25, -0.2) is 0 Å². The van der Waals surface area contributed by atoms with Gasteiger partial charge in [0.15, 0.2) is 0 Å². The van der Waals surface area contributed by atoms with E-state index in [1.54, 1.807) is 0 Å². The number of aromatic nitrogens is 2. The van der Waals surface area contributed by atoms with Crippen LogP contribution in [0.4, 0.5) is 6.01 Å². The second-order valence-corrected chi connectivity index (χ2v) is 8.35. The largest absolute Gasteiger partial charge is 0.407 e. The molecule has 140 valence electrons. The lowest BCUT2D eigenvalue weighted by Gasteiger charge is -2.05. The first-order valence-electron chi connectivity index (χ1n) is 8.91. The summed E-state index contributed by atoms with van der Waals surface area (Å²) < 4.78 is 5.55. The van der Waals surface area contributed by atoms with Gasteiger partial charge in [-0.3, -0.25) is 10.1 Å². The van der Waals surface area contributed by atoms with Crippen LogP contribution in [-0.2, 0) is 17.6 Å². The molecule has 0 spiro atoms. The molecule has 5 nitrogen and oxygen atoms in total. The quantitative estimate of drug-likeness (QED) is 0.603. The van der Waals surface area contributed by atoms with Crippen LogP contribution >= 0.6 is 11.8 Å². The normalized spacial score (nSPS) is 11.0. The summed E-state index contributed by atoms with van der Waals surface area (Å²) in [6.07, 6.45) is 0.806. The van der Waals surface area contributed by atoms with Crippen LogP contribution in [0.15, 0.2) is 57.8 Å². The van der Waals surface area contributed by atoms with E-state index in [0.29, 0.717) is 17.6 Å². The van der Waals surface area contributed by atoms with Crippen LogP contribution < -0.4 is 5.32 Å². The van der Waals surface area contributed by atoms with Crippen LogP contribution in [0.5, 0.6) is 0 Å². The summed E-state index contributed by atoms with van der Waals surface area (Å²) >= 11 is 1.83. The highest BCUT2D eigenvalue weighted by Crippen LogP contribution is 2.23. The van der Waals surface area contributed by atoms with Gasteiger partial charge in [-0.1, -0.05) is 60.9 Å². The van der Waals surface area contributed by atoms with Gasteiger partial charge in [-0.2, -0.15) is 0 Å². The lowest BCUT2D eigenvalue weighted by molar-refractivity contribution is -0.115. The number of rotatable bonds is 7. The molecule has 3 rings (SSSR count). The molecule has 0 saturated heterocycles. The molecule has 0 unspecified atom stereocenters. The maximum Gasteiger partial charge on any atom is 0.322 e. The smallest absolute Gasteiger partial charge is 0.322 e. The van der Waals surface area contributed by atoms with Crippen LogP contribution in [0.1, 0.15) is 36.4 Å². The number of nitrogens with zero attached hydrogens (tertiary/aromatic N) is 2. The van der Waals surface area contributed by atoms with Crippen LogP contribution in [0.25, 0.3) is 0 Å². The number of hydrogen-bond donors (Lipinski definition) is 1. The van der Waals surface area contributed by atoms with Gasteiger partial charge in [0.05, 0.1) is 12.8 Å². The molecule has 1 amide bonds. The predicted octanol–water partition coefficient (Wildman–Crippen LogP) is 4.65. The van der Waals surface area contributed by atoms with E-state index in [-0.39, 0.29) is 18.3 Å². The van der Waals surface area contributed by atoms with Crippen molar-refractivity contribution < 1.29 is 9.21 Å². The van der Waals surface area contributed by atoms with E-state index in [9.17, 15) is 4.79 Å². The molecule has 0 atom stereocenters. The van der Waals surface area contributed by atoms with Crippen molar-refractivity contribution in [3.8, 4) is 0 Å². The Bertz CT molecular complexity index is 887. The zero-order valence-corrected chi connectivity index (χ0v) is 16.5. The van der Waals surface area contributed by atoms with Gasteiger partial charge in [-0.05, 0) is 30.2 Å². The van der Waals surface area contributed by atoms with Crippen LogP contribution in [0.3, 0.4) is 0 Å². The van der Waals surface area contributed by atoms with Crippen molar-refractivity contribution in [3.05, 3.63) is 71.1 Å². The lowest BCUT2D eigenvalue weighted by atomic mass is 10.1. The minimum absolute atomic E-state index is 0.133. The minimum atomic E-state index is -0.177. The highest BCUT2D eigenvalue weighted by atomic mass is 32.2. The van der Waals surface area contributed by atoms with E-state index in [1.807, 2.05) is 43.0 Å². The van der Waals surface area contributed by atoms with E-state index in [1.165, 1.54) is 4.90 Å². The number of benzene rings is 2. The lowest BCUT2D eigenvalue weighted by Crippen LogP contribution is -2.14. The molecule has 0 radical (unpaired) electrons. The number of nitrogens with one attached hydrogen (secondary N) is 1. The maximum absolute atomic E-state index is 12.1. The fourth-order valence-corrected chi connectivity index (χ4v) is 3.40. The number of carbonyl (C=O) groups is 1. The summed E-state index contributed by atoms with van der Waals surface area (Å²) in [4.78, 5) is 13.4. The third kappa shape index (κ3) is 5.96. The van der Waals surface area contributed by atoms with Gasteiger partial charge < -0.3 is 4.42 Å². The number of carbonyl (C=O) groups excluding carboxylic acids is 1. The van der Waals surface area contributed by atoms with E-state index in [4.69, 9.17) is 4.42 Å². The van der Waals surface area contributed by atoms with Gasteiger partial charge in [0.2, 0.25) is 11.8 Å². The van der Waals surface area contributed by atoms with Crippen LogP contribution in [0.2, 0.25) is 0 Å². The minimum Gasteiger partial charge on any atom is -0.407 e. The fraction of sp³-hybridized carbons (Fsp3) is 0.286. The van der Waals surface area contributed by atoms with Crippen molar-refractivity contribution in [2.75, 3.05) is 5.32 Å². The van der Waals surface area contributed by atoms with Gasteiger partial charge in [0.25, 0.3) is 0 Å². The Morgan fingerprint density at radius 3 is 2.37 bits per heavy atom. The monoisotopic (exact) mass is 381 g/mol. The SMILES string of the molecule is Cc1ccc(CC(=O)Nc2nnc(Cc3ccc(SC(C)C)cc3)o2)cc1. The first kappa shape index (κ1) is 19.2. The molecule has 3 aromatic rings. The van der Waals surface area contributed by atoms with Crippen molar-refractivity contribution in [3.63, 3.8) is 0 Å². The van der Waals surface area contributed by atoms with Gasteiger partial charge in [-0.15, -0.1) is 16.9 Å². The number of hydrogen-bond acceptors (Lipinski definition) is 5. The molecule has 0 aliphatic heterocycles. The summed E-state index contributed by atoms with van der Waals surface area (Å²) in [5.74, 6) is 0.300. The zero-order valence-electron chi connectivity index (χ0n) is 15.7. The highest BCUT2D eigenvalue weighted by molar-refractivity contribution is 7.99. The molecule has 1 aromatic heterocycles. The highest BCUT2D eigenvalue weighted by Gasteiger charge is 2.11. The first-order chi connectivity index (χ1) is 13.0.